The molecule has 1 aromatic heterocycles. The molecule has 0 fully saturated rings. The molecule has 5 aromatic rings. The number of methoxy groups -OCH3 is 1. The number of nitrogens with one attached hydrogen (secondary N) is 2. The van der Waals surface area contributed by atoms with E-state index in [0.29, 0.717) is 0 Å². The van der Waals surface area contributed by atoms with Crippen LogP contribution in [0, 0.1) is 0 Å². The Hall–Kier alpha value is -1.74. The summed E-state index contributed by atoms with van der Waals surface area (Å²) in [6.45, 7) is 0. The molecule has 4 aromatic carbocycles. The van der Waals surface area contributed by atoms with Gasteiger partial charge in [-0.05, 0) is 77.0 Å². The minimum absolute atomic E-state index is 0. The maximum Gasteiger partial charge on any atom is 1.00 e. The smallest absolute Gasteiger partial charge is 0.871 e. The van der Waals surface area contributed by atoms with Gasteiger partial charge in [-0.15, -0.1) is 10.2 Å². The first-order valence-electron chi connectivity index (χ1n) is 12.9. The molecule has 0 radical (unpaired) electrons. The standard InChI is InChI=1S/C26H19Cl2N7O11S3.3Na/c1-46-14-3-7-18(20(10-14)48(40,41)42)34-35-22-21(49(43,44)45)9-12-8-13(2-5-16(12)23(22)36)29-25-31-24(28)32-26(33-25)30-19-11-15(47(37,38)39)4-6-17(19)27;;;/h2-11,36H,1H3,(H,37,38,39)(H,40,41,42)(H,43,44,45)(H2,29,30,31,32,33);;;/q;3*+1/p-3. The summed E-state index contributed by atoms with van der Waals surface area (Å²) in [5, 5.41) is 25.5. The van der Waals surface area contributed by atoms with Crippen LogP contribution in [0.5, 0.6) is 11.5 Å². The van der Waals surface area contributed by atoms with E-state index in [0.717, 1.165) is 36.4 Å². The van der Waals surface area contributed by atoms with Gasteiger partial charge in [0.1, 0.15) is 36.6 Å². The normalized spacial score (nSPS) is 11.7. The molecule has 256 valence electrons. The van der Waals surface area contributed by atoms with Crippen LogP contribution in [0.4, 0.5) is 34.6 Å². The van der Waals surface area contributed by atoms with Crippen molar-refractivity contribution in [1.29, 1.82) is 0 Å². The average molecular weight is 839 g/mol. The molecule has 26 heteroatoms. The summed E-state index contributed by atoms with van der Waals surface area (Å²) in [7, 11) is -13.8. The number of anilines is 4. The van der Waals surface area contributed by atoms with E-state index in [1.807, 2.05) is 0 Å². The van der Waals surface area contributed by atoms with Crippen LogP contribution in [-0.2, 0) is 30.4 Å². The van der Waals surface area contributed by atoms with Crippen molar-refractivity contribution >= 4 is 99.0 Å². The number of aromatic nitrogens is 3. The maximum absolute atomic E-state index is 13.4. The van der Waals surface area contributed by atoms with Gasteiger partial charge in [0.2, 0.25) is 17.2 Å². The third-order valence-electron chi connectivity index (χ3n) is 6.34. The first kappa shape index (κ1) is 46.4. The van der Waals surface area contributed by atoms with E-state index < -0.39 is 62.2 Å². The van der Waals surface area contributed by atoms with Crippen LogP contribution < -0.4 is 109 Å². The van der Waals surface area contributed by atoms with Crippen LogP contribution in [0.3, 0.4) is 0 Å². The molecular weight excluding hydrogens is 822 g/mol. The van der Waals surface area contributed by atoms with Gasteiger partial charge in [0.15, 0.2) is 0 Å². The second-order valence-electron chi connectivity index (χ2n) is 9.55. The van der Waals surface area contributed by atoms with Crippen LogP contribution in [0.1, 0.15) is 0 Å². The summed E-state index contributed by atoms with van der Waals surface area (Å²) in [5.41, 5.74) is -1.31. The zero-order valence-corrected chi connectivity index (χ0v) is 37.0. The Kier molecular flexibility index (Phi) is 16.3. The number of hydrogen-bond donors (Lipinski definition) is 3. The maximum atomic E-state index is 13.4. The monoisotopic (exact) mass is 837 g/mol. The molecule has 0 aliphatic carbocycles. The largest absolute Gasteiger partial charge is 1.00 e. The molecule has 0 amide bonds. The number of hydrogen-bond acceptors (Lipinski definition) is 17. The van der Waals surface area contributed by atoms with Crippen molar-refractivity contribution in [2.24, 2.45) is 10.2 Å². The Bertz CT molecular complexity index is 2540. The molecule has 1 heterocycles. The fourth-order valence-corrected chi connectivity index (χ4v) is 6.28. The molecular formula is C26H16Cl2N7Na3O11S3. The minimum atomic E-state index is -5.13. The van der Waals surface area contributed by atoms with Gasteiger partial charge in [-0.2, -0.15) is 23.4 Å². The topological polar surface area (TPSA) is 289 Å². The quantitative estimate of drug-likeness (QED) is 0.0677. The molecule has 0 aliphatic rings. The van der Waals surface area contributed by atoms with Crippen molar-refractivity contribution in [3.05, 3.63) is 71.0 Å². The van der Waals surface area contributed by atoms with Crippen molar-refractivity contribution < 1.29 is 137 Å². The molecule has 0 unspecified atom stereocenters. The summed E-state index contributed by atoms with van der Waals surface area (Å²) in [6.07, 6.45) is 0. The van der Waals surface area contributed by atoms with E-state index in [1.165, 1.54) is 31.4 Å². The molecule has 0 atom stereocenters. The Morgan fingerprint density at radius 1 is 0.769 bits per heavy atom. The molecule has 0 spiro atoms. The van der Waals surface area contributed by atoms with Gasteiger partial charge in [-0.3, -0.25) is 4.55 Å². The Morgan fingerprint density at radius 3 is 2.02 bits per heavy atom. The molecule has 3 N–H and O–H groups in total. The number of fused-ring (bicyclic) bond motifs is 1. The number of nitrogens with zero attached hydrogens (tertiary/aromatic N) is 5. The SMILES string of the molecule is COc1ccc(N=Nc2c(S(=O)(=O)O)cc3cc(Nc4nc(Cl)nc(Nc5cc(S(=O)(=O)[O-])ccc5Cl)n4)ccc3c2[O-])c(S(=O)(=O)[O-])c1.[Na+].[Na+].[Na+]. The molecule has 0 saturated heterocycles. The van der Waals surface area contributed by atoms with E-state index >= 15 is 0 Å². The molecule has 0 saturated carbocycles. The van der Waals surface area contributed by atoms with Gasteiger partial charge < -0.3 is 29.6 Å². The molecule has 0 aliphatic heterocycles. The van der Waals surface area contributed by atoms with Crippen LogP contribution in [0.2, 0.25) is 10.3 Å². The van der Waals surface area contributed by atoms with Gasteiger partial charge in [0.05, 0.1) is 33.3 Å². The molecule has 0 bridgehead atoms. The summed E-state index contributed by atoms with van der Waals surface area (Å²) in [4.78, 5) is 9.47. The zero-order chi connectivity index (χ0) is 35.9. The number of ether oxygens (including phenoxy) is 1. The van der Waals surface area contributed by atoms with Crippen LogP contribution >= 0.6 is 23.2 Å². The van der Waals surface area contributed by atoms with Crippen LogP contribution in [0.25, 0.3) is 10.8 Å². The number of benzene rings is 4. The zero-order valence-electron chi connectivity index (χ0n) is 27.0. The molecule has 18 nitrogen and oxygen atoms in total. The third-order valence-corrected chi connectivity index (χ3v) is 9.40. The predicted molar refractivity (Wildman–Crippen MR) is 169 cm³/mol. The van der Waals surface area contributed by atoms with E-state index in [-0.39, 0.29) is 139 Å². The van der Waals surface area contributed by atoms with Gasteiger partial charge in [0.25, 0.3) is 10.1 Å². The van der Waals surface area contributed by atoms with Crippen molar-refractivity contribution in [2.75, 3.05) is 17.7 Å². The van der Waals surface area contributed by atoms with Crippen molar-refractivity contribution in [1.82, 2.24) is 15.0 Å². The second-order valence-corrected chi connectivity index (χ2v) is 14.4. The average Bonchev–Trinajstić information content (AvgIpc) is 2.99. The fourth-order valence-electron chi connectivity index (χ4n) is 4.18. The second kappa shape index (κ2) is 18.3. The minimum Gasteiger partial charge on any atom is -0.871 e. The summed E-state index contributed by atoms with van der Waals surface area (Å²) in [5.74, 6) is -1.47. The summed E-state index contributed by atoms with van der Waals surface area (Å²) < 4.78 is 109. The Balaban J connectivity index is 0.00000312. The van der Waals surface area contributed by atoms with Crippen molar-refractivity contribution in [2.45, 2.75) is 14.7 Å². The van der Waals surface area contributed by atoms with Crippen LogP contribution in [0.15, 0.2) is 85.6 Å². The first-order chi connectivity index (χ1) is 22.8. The first-order valence-corrected chi connectivity index (χ1v) is 17.9. The van der Waals surface area contributed by atoms with E-state index in [4.69, 9.17) is 27.9 Å². The number of azo groups is 1. The van der Waals surface area contributed by atoms with E-state index in [1.54, 1.807) is 0 Å². The summed E-state index contributed by atoms with van der Waals surface area (Å²) in [6, 6.07) is 11.1. The van der Waals surface area contributed by atoms with Crippen molar-refractivity contribution in [3.63, 3.8) is 0 Å². The van der Waals surface area contributed by atoms with E-state index in [9.17, 15) is 44.0 Å². The van der Waals surface area contributed by atoms with Gasteiger partial charge in [-0.1, -0.05) is 23.4 Å². The fraction of sp³-hybridized carbons (Fsp3) is 0.0385. The van der Waals surface area contributed by atoms with Crippen LogP contribution in [-0.4, -0.2) is 61.0 Å². The summed E-state index contributed by atoms with van der Waals surface area (Å²) >= 11 is 12.1. The molecule has 5 rings (SSSR count). The van der Waals surface area contributed by atoms with Gasteiger partial charge >= 0.3 is 88.7 Å². The predicted octanol–water partition coefficient (Wildman–Crippen LogP) is -4.62. The Labute approximate surface area is 371 Å². The molecule has 52 heavy (non-hydrogen) atoms. The number of rotatable bonds is 10. The third kappa shape index (κ3) is 11.2. The van der Waals surface area contributed by atoms with Gasteiger partial charge in [-0.25, -0.2) is 16.8 Å². The van der Waals surface area contributed by atoms with E-state index in [2.05, 4.69) is 35.8 Å². The van der Waals surface area contributed by atoms with Crippen molar-refractivity contribution in [3.8, 4) is 11.5 Å². The number of halogens is 2. The Morgan fingerprint density at radius 2 is 1.42 bits per heavy atom. The van der Waals surface area contributed by atoms with Gasteiger partial charge in [0, 0.05) is 5.69 Å².